The van der Waals surface area contributed by atoms with E-state index in [1.54, 1.807) is 0 Å². The van der Waals surface area contributed by atoms with Crippen molar-refractivity contribution in [1.82, 2.24) is 0 Å². The van der Waals surface area contributed by atoms with E-state index < -0.39 is 85.5 Å². The van der Waals surface area contributed by atoms with Crippen LogP contribution in [0.15, 0.2) is 24.3 Å². The van der Waals surface area contributed by atoms with Gasteiger partial charge in [-0.05, 0) is 38.5 Å². The van der Waals surface area contributed by atoms with E-state index in [0.717, 1.165) is 64.2 Å². The molecule has 5 unspecified atom stereocenters. The smallest absolute Gasteiger partial charge is 0.463 e. The molecule has 0 rings (SSSR count). The van der Waals surface area contributed by atoms with Gasteiger partial charge in [-0.1, -0.05) is 179 Å². The van der Waals surface area contributed by atoms with E-state index in [9.17, 15) is 43.8 Å². The van der Waals surface area contributed by atoms with Crippen LogP contribution < -0.4 is 0 Å². The Kier molecular flexibility index (Phi) is 43.0. The van der Waals surface area contributed by atoms with Gasteiger partial charge in [0.15, 0.2) is 0 Å². The van der Waals surface area contributed by atoms with Gasteiger partial charge < -0.3 is 34.6 Å². The van der Waals surface area contributed by atoms with Crippen molar-refractivity contribution in [1.29, 1.82) is 0 Å². The minimum Gasteiger partial charge on any atom is -0.463 e. The summed E-state index contributed by atoms with van der Waals surface area (Å²) in [5.41, 5.74) is 0. The van der Waals surface area contributed by atoms with Crippen molar-refractivity contribution in [2.24, 2.45) is 0 Å². The van der Waals surface area contributed by atoms with Crippen LogP contribution in [0, 0.1) is 0 Å². The molecule has 0 spiro atoms. The predicted molar refractivity (Wildman–Crippen MR) is 252 cm³/mol. The molecule has 0 radical (unpaired) electrons. The van der Waals surface area contributed by atoms with Gasteiger partial charge in [-0.15, -0.1) is 0 Å². The first-order valence-electron chi connectivity index (χ1n) is 24.7. The van der Waals surface area contributed by atoms with Crippen LogP contribution in [0.5, 0.6) is 0 Å². The van der Waals surface area contributed by atoms with Gasteiger partial charge in [0, 0.05) is 12.8 Å². The molecule has 0 saturated carbocycles. The Morgan fingerprint density at radius 1 is 0.406 bits per heavy atom. The van der Waals surface area contributed by atoms with Crippen molar-refractivity contribution in [2.45, 2.75) is 225 Å². The molecule has 0 aromatic heterocycles. The monoisotopic (exact) mass is 957 g/mol. The number of carbonyl (C=O) groups is 2. The van der Waals surface area contributed by atoms with Crippen molar-refractivity contribution < 1.29 is 71.4 Å². The van der Waals surface area contributed by atoms with Gasteiger partial charge in [0.25, 0.3) is 0 Å². The lowest BCUT2D eigenvalue weighted by Gasteiger charge is -2.19. The second-order valence-corrected chi connectivity index (χ2v) is 19.8. The molecular formula is C47H90O15P2. The van der Waals surface area contributed by atoms with Gasteiger partial charge in [0.1, 0.15) is 31.5 Å². The number of carbonyl (C=O) groups excluding carboxylic acids is 2. The average Bonchev–Trinajstić information content (AvgIpc) is 3.27. The molecule has 0 fully saturated rings. The minimum atomic E-state index is -4.78. The van der Waals surface area contributed by atoms with Crippen LogP contribution in [0.2, 0.25) is 0 Å². The molecule has 0 aliphatic rings. The van der Waals surface area contributed by atoms with E-state index in [4.69, 9.17) is 9.47 Å². The Bertz CT molecular complexity index is 1250. The molecule has 15 nitrogen and oxygen atoms in total. The van der Waals surface area contributed by atoms with E-state index >= 15 is 0 Å². The highest BCUT2D eigenvalue weighted by atomic mass is 31.2. The van der Waals surface area contributed by atoms with Gasteiger partial charge in [-0.2, -0.15) is 0 Å². The summed E-state index contributed by atoms with van der Waals surface area (Å²) in [5.74, 6) is -1.000. The van der Waals surface area contributed by atoms with E-state index in [0.29, 0.717) is 12.8 Å². The Hall–Kier alpha value is -1.48. The molecule has 5 N–H and O–H groups in total. The lowest BCUT2D eigenvalue weighted by molar-refractivity contribution is -0.148. The van der Waals surface area contributed by atoms with E-state index in [1.165, 1.54) is 103 Å². The fourth-order valence-corrected chi connectivity index (χ4v) is 8.15. The number of ether oxygens (including phenoxy) is 2. The number of allylic oxidation sites excluding steroid dienone is 4. The van der Waals surface area contributed by atoms with Crippen LogP contribution >= 0.6 is 15.6 Å². The maximum Gasteiger partial charge on any atom is 0.472 e. The summed E-state index contributed by atoms with van der Waals surface area (Å²) >= 11 is 0. The fraction of sp³-hybridized carbons (Fsp3) is 0.872. The van der Waals surface area contributed by atoms with Gasteiger partial charge in [-0.3, -0.25) is 27.7 Å². The zero-order chi connectivity index (χ0) is 47.4. The molecule has 0 aromatic carbocycles. The summed E-state index contributed by atoms with van der Waals surface area (Å²) in [6.07, 6.45) is 37.3. The zero-order valence-electron chi connectivity index (χ0n) is 39.7. The summed E-state index contributed by atoms with van der Waals surface area (Å²) in [6.45, 7) is 0.407. The van der Waals surface area contributed by atoms with Gasteiger partial charge >= 0.3 is 27.6 Å². The first kappa shape index (κ1) is 62.5. The highest BCUT2D eigenvalue weighted by Crippen LogP contribution is 2.45. The third-order valence-electron chi connectivity index (χ3n) is 10.4. The SMILES string of the molecule is CCCCC/C=C/C=C/CCCCCCCCC(=O)OCC(O)COP(=O)(O)OCC(O)COP(=O)(O)OCC(O)COC(=O)CCCCCCCCCCCCCCCCCCC. The van der Waals surface area contributed by atoms with E-state index in [2.05, 4.69) is 56.2 Å². The highest BCUT2D eigenvalue weighted by Gasteiger charge is 2.28. The molecule has 0 heterocycles. The van der Waals surface area contributed by atoms with Gasteiger partial charge in [-0.25, -0.2) is 9.13 Å². The number of esters is 2. The van der Waals surface area contributed by atoms with Crippen molar-refractivity contribution in [3.05, 3.63) is 24.3 Å². The number of phosphoric ester groups is 2. The number of aliphatic hydroxyl groups excluding tert-OH is 3. The quantitative estimate of drug-likeness (QED) is 0.0165. The number of phosphoric acid groups is 2. The fourth-order valence-electron chi connectivity index (χ4n) is 6.56. The molecule has 0 saturated heterocycles. The topological polar surface area (TPSA) is 225 Å². The van der Waals surface area contributed by atoms with Crippen LogP contribution in [0.1, 0.15) is 206 Å². The molecule has 64 heavy (non-hydrogen) atoms. The van der Waals surface area contributed by atoms with Crippen molar-refractivity contribution in [3.8, 4) is 0 Å². The minimum absolute atomic E-state index is 0.184. The summed E-state index contributed by atoms with van der Waals surface area (Å²) in [4.78, 5) is 43.8. The molecule has 0 aliphatic carbocycles. The molecule has 5 atom stereocenters. The number of hydrogen-bond acceptors (Lipinski definition) is 13. The van der Waals surface area contributed by atoms with Gasteiger partial charge in [0.05, 0.1) is 26.4 Å². The van der Waals surface area contributed by atoms with Crippen LogP contribution in [0.4, 0.5) is 0 Å². The molecular weight excluding hydrogens is 866 g/mol. The number of rotatable bonds is 48. The van der Waals surface area contributed by atoms with Crippen LogP contribution in [0.3, 0.4) is 0 Å². The van der Waals surface area contributed by atoms with E-state index in [1.807, 2.05) is 0 Å². The highest BCUT2D eigenvalue weighted by molar-refractivity contribution is 7.47. The Labute approximate surface area is 386 Å². The maximum atomic E-state index is 12.2. The van der Waals surface area contributed by atoms with Crippen LogP contribution in [-0.4, -0.2) is 95.0 Å². The van der Waals surface area contributed by atoms with Crippen molar-refractivity contribution in [2.75, 3.05) is 39.6 Å². The number of hydrogen-bond donors (Lipinski definition) is 5. The number of unbranched alkanes of at least 4 members (excludes halogenated alkanes) is 25. The normalized spacial score (nSPS) is 15.3. The van der Waals surface area contributed by atoms with E-state index in [-0.39, 0.29) is 12.8 Å². The maximum absolute atomic E-state index is 12.2. The Morgan fingerprint density at radius 3 is 0.984 bits per heavy atom. The second kappa shape index (κ2) is 44.1. The number of aliphatic hydroxyl groups is 3. The summed E-state index contributed by atoms with van der Waals surface area (Å²) in [5, 5.41) is 30.0. The second-order valence-electron chi connectivity index (χ2n) is 16.9. The third kappa shape index (κ3) is 45.7. The Morgan fingerprint density at radius 2 is 0.656 bits per heavy atom. The zero-order valence-corrected chi connectivity index (χ0v) is 41.5. The molecule has 378 valence electrons. The van der Waals surface area contributed by atoms with Gasteiger partial charge in [0.2, 0.25) is 0 Å². The lowest BCUT2D eigenvalue weighted by Crippen LogP contribution is -2.25. The summed E-state index contributed by atoms with van der Waals surface area (Å²) < 4.78 is 53.0. The van der Waals surface area contributed by atoms with Crippen LogP contribution in [0.25, 0.3) is 0 Å². The van der Waals surface area contributed by atoms with Crippen molar-refractivity contribution in [3.63, 3.8) is 0 Å². The predicted octanol–water partition coefficient (Wildman–Crippen LogP) is 11.3. The molecule has 0 aromatic rings. The molecule has 0 bridgehead atoms. The largest absolute Gasteiger partial charge is 0.472 e. The van der Waals surface area contributed by atoms with Crippen LogP contribution in [-0.2, 0) is 46.3 Å². The molecule has 0 amide bonds. The standard InChI is InChI=1S/C47H90O15P2/c1-3-5-7-9-11-13-15-17-19-20-22-24-26-28-30-32-34-36-47(52)58-38-44(49)40-60-64(55,56)62-42-45(50)41-61-63(53,54)59-39-43(48)37-57-46(51)35-33-31-29-27-25-23-21-18-16-14-12-10-8-6-4-2/h12,14,16,18,43-45,48-50H,3-11,13,15,17,19-42H2,1-2H3,(H,53,54)(H,55,56)/b14-12+,18-16+. The first-order valence-corrected chi connectivity index (χ1v) is 27.7. The molecule has 17 heteroatoms. The lowest BCUT2D eigenvalue weighted by atomic mass is 10.0. The molecule has 0 aliphatic heterocycles. The Balaban J connectivity index is 3.87. The summed E-state index contributed by atoms with van der Waals surface area (Å²) in [7, 11) is -9.57. The first-order chi connectivity index (χ1) is 30.8. The third-order valence-corrected chi connectivity index (χ3v) is 12.3. The summed E-state index contributed by atoms with van der Waals surface area (Å²) in [6, 6.07) is 0. The average molecular weight is 957 g/mol. The van der Waals surface area contributed by atoms with Crippen molar-refractivity contribution >= 4 is 27.6 Å².